The van der Waals surface area contributed by atoms with Crippen LogP contribution >= 0.6 is 47.2 Å². The molecule has 2 aromatic carbocycles. The first kappa shape index (κ1) is 19.2. The maximum Gasteiger partial charge on any atom is 0.270 e. The van der Waals surface area contributed by atoms with Gasteiger partial charge in [-0.1, -0.05) is 53.2 Å². The quantitative estimate of drug-likeness (QED) is 0.325. The molecule has 28 heavy (non-hydrogen) atoms. The molecule has 0 radical (unpaired) electrons. The topological polar surface area (TPSA) is 33.5 Å². The van der Waals surface area contributed by atoms with Crippen molar-refractivity contribution in [3.05, 3.63) is 81.1 Å². The molecular weight excluding hydrogens is 440 g/mol. The van der Waals surface area contributed by atoms with E-state index in [2.05, 4.69) is 0 Å². The number of thiocarbonyl (C=S) groups is 1. The third-order valence-electron chi connectivity index (χ3n) is 3.96. The molecule has 0 saturated carbocycles. The molecule has 0 spiro atoms. The van der Waals surface area contributed by atoms with Crippen molar-refractivity contribution < 1.29 is 13.6 Å². The highest BCUT2D eigenvalue weighted by Gasteiger charge is 2.33. The standard InChI is InChI=1S/C20H10Cl2FNO2S2/c21-15-6-4-11(8-16(15)22)17-7-5-14(26-17)10-18-19(25)24(20(27)28-18)13-3-1-2-12(23)9-13/h1-10H. The summed E-state index contributed by atoms with van der Waals surface area (Å²) in [4.78, 5) is 14.4. The van der Waals surface area contributed by atoms with Gasteiger partial charge in [0, 0.05) is 11.6 Å². The third kappa shape index (κ3) is 3.73. The van der Waals surface area contributed by atoms with E-state index in [-0.39, 0.29) is 5.91 Å². The number of thioether (sulfide) groups is 1. The van der Waals surface area contributed by atoms with Gasteiger partial charge in [0.1, 0.15) is 17.3 Å². The van der Waals surface area contributed by atoms with Gasteiger partial charge in [0.25, 0.3) is 5.91 Å². The van der Waals surface area contributed by atoms with Crippen molar-refractivity contribution in [2.75, 3.05) is 4.90 Å². The third-order valence-corrected chi connectivity index (χ3v) is 6.01. The van der Waals surface area contributed by atoms with Crippen LogP contribution in [0.25, 0.3) is 17.4 Å². The average Bonchev–Trinajstić information content (AvgIpc) is 3.22. The molecule has 1 saturated heterocycles. The highest BCUT2D eigenvalue weighted by atomic mass is 35.5. The molecule has 8 heteroatoms. The van der Waals surface area contributed by atoms with Crippen molar-refractivity contribution in [3.63, 3.8) is 0 Å². The molecule has 3 nitrogen and oxygen atoms in total. The Morgan fingerprint density at radius 1 is 1.07 bits per heavy atom. The van der Waals surface area contributed by atoms with Gasteiger partial charge in [-0.15, -0.1) is 0 Å². The molecule has 0 bridgehead atoms. The summed E-state index contributed by atoms with van der Waals surface area (Å²) < 4.78 is 19.6. The van der Waals surface area contributed by atoms with Crippen molar-refractivity contribution in [1.82, 2.24) is 0 Å². The molecule has 0 aliphatic carbocycles. The summed E-state index contributed by atoms with van der Waals surface area (Å²) in [6, 6.07) is 14.4. The average molecular weight is 450 g/mol. The molecule has 1 aromatic heterocycles. The maximum absolute atomic E-state index is 13.5. The Kier molecular flexibility index (Phi) is 5.29. The first-order valence-corrected chi connectivity index (χ1v) is 9.99. The molecule has 3 aromatic rings. The largest absolute Gasteiger partial charge is 0.457 e. The number of benzene rings is 2. The number of rotatable bonds is 3. The van der Waals surface area contributed by atoms with E-state index in [0.29, 0.717) is 36.5 Å². The number of anilines is 1. The van der Waals surface area contributed by atoms with Crippen LogP contribution in [-0.2, 0) is 4.79 Å². The van der Waals surface area contributed by atoms with Gasteiger partial charge in [0.15, 0.2) is 4.32 Å². The number of halogens is 3. The zero-order chi connectivity index (χ0) is 19.8. The first-order valence-electron chi connectivity index (χ1n) is 8.01. The Hall–Kier alpha value is -2.12. The zero-order valence-corrected chi connectivity index (χ0v) is 17.1. The van der Waals surface area contributed by atoms with Gasteiger partial charge >= 0.3 is 0 Å². The SMILES string of the molecule is O=C1C(=Cc2ccc(-c3ccc(Cl)c(Cl)c3)o2)SC(=S)N1c1cccc(F)c1. The summed E-state index contributed by atoms with van der Waals surface area (Å²) in [7, 11) is 0. The van der Waals surface area contributed by atoms with Gasteiger partial charge in [-0.25, -0.2) is 4.39 Å². The lowest BCUT2D eigenvalue weighted by atomic mass is 10.2. The summed E-state index contributed by atoms with van der Waals surface area (Å²) in [6.45, 7) is 0. The molecule has 1 aliphatic heterocycles. The van der Waals surface area contributed by atoms with Crippen LogP contribution < -0.4 is 4.90 Å². The highest BCUT2D eigenvalue weighted by Crippen LogP contribution is 2.37. The second-order valence-electron chi connectivity index (χ2n) is 5.83. The second-order valence-corrected chi connectivity index (χ2v) is 8.32. The second kappa shape index (κ2) is 7.72. The van der Waals surface area contributed by atoms with Crippen LogP contribution in [0.1, 0.15) is 5.76 Å². The predicted molar refractivity (Wildman–Crippen MR) is 116 cm³/mol. The molecule has 1 fully saturated rings. The Morgan fingerprint density at radius 2 is 1.89 bits per heavy atom. The minimum absolute atomic E-state index is 0.326. The molecule has 0 N–H and O–H groups in total. The molecule has 140 valence electrons. The Morgan fingerprint density at radius 3 is 2.64 bits per heavy atom. The van der Waals surface area contributed by atoms with E-state index in [1.165, 1.54) is 23.1 Å². The number of nitrogens with zero attached hydrogens (tertiary/aromatic N) is 1. The van der Waals surface area contributed by atoms with Gasteiger partial charge in [-0.2, -0.15) is 0 Å². The minimum Gasteiger partial charge on any atom is -0.457 e. The number of carbonyl (C=O) groups is 1. The molecule has 1 amide bonds. The fraction of sp³-hybridized carbons (Fsp3) is 0. The summed E-state index contributed by atoms with van der Waals surface area (Å²) in [5.74, 6) is 0.312. The summed E-state index contributed by atoms with van der Waals surface area (Å²) >= 11 is 18.4. The molecule has 2 heterocycles. The highest BCUT2D eigenvalue weighted by molar-refractivity contribution is 8.27. The first-order chi connectivity index (χ1) is 13.4. The molecule has 0 atom stereocenters. The lowest BCUT2D eigenvalue weighted by Crippen LogP contribution is -2.27. The van der Waals surface area contributed by atoms with E-state index in [1.54, 1.807) is 42.5 Å². The van der Waals surface area contributed by atoms with Crippen molar-refractivity contribution in [1.29, 1.82) is 0 Å². The Bertz CT molecular complexity index is 1140. The fourth-order valence-corrected chi connectivity index (χ4v) is 4.25. The van der Waals surface area contributed by atoms with E-state index in [0.717, 1.165) is 17.3 Å². The minimum atomic E-state index is -0.437. The monoisotopic (exact) mass is 449 g/mol. The summed E-state index contributed by atoms with van der Waals surface area (Å²) in [6.07, 6.45) is 1.61. The van der Waals surface area contributed by atoms with Crippen molar-refractivity contribution in [2.24, 2.45) is 0 Å². The smallest absolute Gasteiger partial charge is 0.270 e. The van der Waals surface area contributed by atoms with Crippen LogP contribution in [0.4, 0.5) is 10.1 Å². The summed E-state index contributed by atoms with van der Waals surface area (Å²) in [5, 5.41) is 0.881. The van der Waals surface area contributed by atoms with E-state index in [1.807, 2.05) is 0 Å². The van der Waals surface area contributed by atoms with Crippen LogP contribution in [0.2, 0.25) is 10.0 Å². The van der Waals surface area contributed by atoms with E-state index >= 15 is 0 Å². The molecule has 0 unspecified atom stereocenters. The molecule has 4 rings (SSSR count). The van der Waals surface area contributed by atoms with Crippen LogP contribution in [0.3, 0.4) is 0 Å². The molecule has 1 aliphatic rings. The number of carbonyl (C=O) groups excluding carboxylic acids is 1. The van der Waals surface area contributed by atoms with Gasteiger partial charge in [-0.3, -0.25) is 9.69 Å². The number of furan rings is 1. The number of hydrogen-bond donors (Lipinski definition) is 0. The van der Waals surface area contributed by atoms with Crippen LogP contribution in [-0.4, -0.2) is 10.2 Å². The normalized spacial score (nSPS) is 15.7. The van der Waals surface area contributed by atoms with Crippen molar-refractivity contribution >= 4 is 69.2 Å². The Balaban J connectivity index is 1.61. The van der Waals surface area contributed by atoms with Crippen molar-refractivity contribution in [2.45, 2.75) is 0 Å². The van der Waals surface area contributed by atoms with Crippen LogP contribution in [0.15, 0.2) is 63.9 Å². The van der Waals surface area contributed by atoms with E-state index in [4.69, 9.17) is 39.8 Å². The van der Waals surface area contributed by atoms with Gasteiger partial charge < -0.3 is 4.42 Å². The predicted octanol–water partition coefficient (Wildman–Crippen LogP) is 6.80. The van der Waals surface area contributed by atoms with Crippen LogP contribution in [0.5, 0.6) is 0 Å². The summed E-state index contributed by atoms with van der Waals surface area (Å²) in [5.41, 5.74) is 1.16. The maximum atomic E-state index is 13.5. The lowest BCUT2D eigenvalue weighted by Gasteiger charge is -2.14. The lowest BCUT2D eigenvalue weighted by molar-refractivity contribution is -0.113. The molecular formula is C20H10Cl2FNO2S2. The van der Waals surface area contributed by atoms with Gasteiger partial charge in [0.2, 0.25) is 0 Å². The van der Waals surface area contributed by atoms with Gasteiger partial charge in [-0.05, 0) is 48.5 Å². The van der Waals surface area contributed by atoms with Crippen LogP contribution in [0, 0.1) is 5.82 Å². The van der Waals surface area contributed by atoms with Gasteiger partial charge in [0.05, 0.1) is 20.6 Å². The fourth-order valence-electron chi connectivity index (χ4n) is 2.67. The zero-order valence-electron chi connectivity index (χ0n) is 14.0. The number of hydrogen-bond acceptors (Lipinski definition) is 4. The number of amides is 1. The van der Waals surface area contributed by atoms with Crippen molar-refractivity contribution in [3.8, 4) is 11.3 Å². The van der Waals surface area contributed by atoms with E-state index < -0.39 is 5.82 Å². The Labute approximate surface area is 179 Å². The van der Waals surface area contributed by atoms with E-state index in [9.17, 15) is 9.18 Å².